The number of rotatable bonds is 4. The van der Waals surface area contributed by atoms with Crippen LogP contribution in [-0.2, 0) is 16.0 Å². The second-order valence-electron chi connectivity index (χ2n) is 6.68. The van der Waals surface area contributed by atoms with E-state index in [1.54, 1.807) is 0 Å². The number of carbonyl (C=O) groups is 2. The van der Waals surface area contributed by atoms with E-state index in [2.05, 4.69) is 35.3 Å². The Hall–Kier alpha value is -2.34. The highest BCUT2D eigenvalue weighted by Crippen LogP contribution is 2.33. The number of esters is 1. The highest BCUT2D eigenvalue weighted by molar-refractivity contribution is 7.16. The summed E-state index contributed by atoms with van der Waals surface area (Å²) in [6, 6.07) is 6.37. The van der Waals surface area contributed by atoms with E-state index >= 15 is 0 Å². The first-order valence-electron chi connectivity index (χ1n) is 8.73. The van der Waals surface area contributed by atoms with Gasteiger partial charge in [0.15, 0.2) is 0 Å². The van der Waals surface area contributed by atoms with Gasteiger partial charge >= 0.3 is 5.97 Å². The number of carbonyl (C=O) groups excluding carboxylic acids is 2. The van der Waals surface area contributed by atoms with Crippen LogP contribution in [0.5, 0.6) is 0 Å². The molecule has 0 atom stereocenters. The molecule has 0 fully saturated rings. The van der Waals surface area contributed by atoms with Gasteiger partial charge in [-0.05, 0) is 50.8 Å². The fraction of sp³-hybridized carbons (Fsp3) is 0.400. The number of thiophene rings is 1. The third-order valence-electron chi connectivity index (χ3n) is 4.81. The summed E-state index contributed by atoms with van der Waals surface area (Å²) in [7, 11) is 1.35. The lowest BCUT2D eigenvalue weighted by atomic mass is 9.99. The first-order valence-corrected chi connectivity index (χ1v) is 9.55. The third-order valence-corrected chi connectivity index (χ3v) is 5.93. The topological polar surface area (TPSA) is 58.6 Å². The van der Waals surface area contributed by atoms with E-state index < -0.39 is 5.97 Å². The molecule has 0 bridgehead atoms. The van der Waals surface area contributed by atoms with E-state index in [0.29, 0.717) is 10.6 Å². The Kier molecular flexibility index (Phi) is 5.32. The molecule has 1 aliphatic heterocycles. The Balaban J connectivity index is 1.77. The van der Waals surface area contributed by atoms with Crippen molar-refractivity contribution in [1.29, 1.82) is 0 Å². The van der Waals surface area contributed by atoms with Crippen LogP contribution in [0.15, 0.2) is 18.2 Å². The number of fused-ring (bicyclic) bond motifs is 1. The van der Waals surface area contributed by atoms with Crippen molar-refractivity contribution in [2.75, 3.05) is 30.4 Å². The number of aryl methyl sites for hydroxylation is 3. The van der Waals surface area contributed by atoms with Crippen LogP contribution >= 0.6 is 11.3 Å². The number of anilines is 2. The Morgan fingerprint density at radius 1 is 1.27 bits per heavy atom. The van der Waals surface area contributed by atoms with Crippen LogP contribution in [0, 0.1) is 20.8 Å². The van der Waals surface area contributed by atoms with Crippen LogP contribution in [0.25, 0.3) is 0 Å². The molecule has 5 nitrogen and oxygen atoms in total. The number of hydrogen-bond donors (Lipinski definition) is 1. The van der Waals surface area contributed by atoms with Crippen LogP contribution in [0.2, 0.25) is 0 Å². The summed E-state index contributed by atoms with van der Waals surface area (Å²) in [5, 5.41) is 3.48. The molecule has 0 spiro atoms. The molecule has 1 N–H and O–H groups in total. The minimum absolute atomic E-state index is 0.121. The van der Waals surface area contributed by atoms with Crippen molar-refractivity contribution >= 4 is 33.9 Å². The zero-order valence-corrected chi connectivity index (χ0v) is 16.5. The van der Waals surface area contributed by atoms with Gasteiger partial charge in [0.2, 0.25) is 5.91 Å². The summed E-state index contributed by atoms with van der Waals surface area (Å²) in [5.41, 5.74) is 4.97. The minimum Gasteiger partial charge on any atom is -0.465 e. The third kappa shape index (κ3) is 3.60. The van der Waals surface area contributed by atoms with Gasteiger partial charge in [-0.1, -0.05) is 17.7 Å². The van der Waals surface area contributed by atoms with Gasteiger partial charge in [0, 0.05) is 17.1 Å². The summed E-state index contributed by atoms with van der Waals surface area (Å²) >= 11 is 1.41. The van der Waals surface area contributed by atoms with Gasteiger partial charge in [0.1, 0.15) is 5.00 Å². The fourth-order valence-electron chi connectivity index (χ4n) is 3.37. The van der Waals surface area contributed by atoms with Crippen LogP contribution in [0.3, 0.4) is 0 Å². The van der Waals surface area contributed by atoms with Crippen molar-refractivity contribution < 1.29 is 14.3 Å². The predicted molar refractivity (Wildman–Crippen MR) is 105 cm³/mol. The highest BCUT2D eigenvalue weighted by atomic mass is 32.1. The lowest BCUT2D eigenvalue weighted by Crippen LogP contribution is -2.36. The number of methoxy groups -OCH3 is 1. The number of nitrogens with zero attached hydrogens (tertiary/aromatic N) is 1. The average Bonchev–Trinajstić information content (AvgIpc) is 2.88. The molecule has 2 aromatic rings. The van der Waals surface area contributed by atoms with Crippen LogP contribution < -0.4 is 10.2 Å². The first kappa shape index (κ1) is 18.5. The molecule has 1 aromatic carbocycles. The Morgan fingerprint density at radius 3 is 2.77 bits per heavy atom. The van der Waals surface area contributed by atoms with Crippen LogP contribution in [-0.4, -0.2) is 32.1 Å². The molecule has 0 radical (unpaired) electrons. The summed E-state index contributed by atoms with van der Waals surface area (Å²) in [5.74, 6) is -0.536. The molecule has 2 heterocycles. The van der Waals surface area contributed by atoms with Crippen molar-refractivity contribution in [2.24, 2.45) is 0 Å². The van der Waals surface area contributed by atoms with Gasteiger partial charge < -0.3 is 15.0 Å². The van der Waals surface area contributed by atoms with E-state index in [1.165, 1.54) is 29.6 Å². The molecule has 138 valence electrons. The number of amides is 1. The zero-order valence-electron chi connectivity index (χ0n) is 15.6. The minimum atomic E-state index is -0.416. The summed E-state index contributed by atoms with van der Waals surface area (Å²) < 4.78 is 4.87. The van der Waals surface area contributed by atoms with E-state index in [4.69, 9.17) is 4.74 Å². The second kappa shape index (κ2) is 7.50. The lowest BCUT2D eigenvalue weighted by Gasteiger charge is -2.31. The molecule has 1 aromatic heterocycles. The molecular formula is C20H24N2O3S. The molecule has 0 saturated carbocycles. The van der Waals surface area contributed by atoms with Crippen molar-refractivity contribution in [3.05, 3.63) is 45.3 Å². The van der Waals surface area contributed by atoms with Gasteiger partial charge in [-0.25, -0.2) is 4.79 Å². The summed E-state index contributed by atoms with van der Waals surface area (Å²) in [6.45, 7) is 7.02. The van der Waals surface area contributed by atoms with Crippen LogP contribution in [0.1, 0.15) is 38.3 Å². The van der Waals surface area contributed by atoms with E-state index in [-0.39, 0.29) is 12.5 Å². The fourth-order valence-corrected chi connectivity index (χ4v) is 4.44. The quantitative estimate of drug-likeness (QED) is 0.828. The highest BCUT2D eigenvalue weighted by Gasteiger charge is 2.23. The molecule has 0 saturated heterocycles. The smallest absolute Gasteiger partial charge is 0.341 e. The van der Waals surface area contributed by atoms with E-state index in [9.17, 15) is 9.59 Å². The Morgan fingerprint density at radius 2 is 2.04 bits per heavy atom. The van der Waals surface area contributed by atoms with Crippen molar-refractivity contribution in [2.45, 2.75) is 33.6 Å². The summed E-state index contributed by atoms with van der Waals surface area (Å²) in [4.78, 5) is 27.8. The zero-order chi connectivity index (χ0) is 18.8. The van der Waals surface area contributed by atoms with Crippen LogP contribution in [0.4, 0.5) is 10.7 Å². The summed E-state index contributed by atoms with van der Waals surface area (Å²) in [6.07, 6.45) is 2.08. The van der Waals surface area contributed by atoms with Gasteiger partial charge in [0.05, 0.1) is 19.2 Å². The molecular weight excluding hydrogens is 348 g/mol. The van der Waals surface area contributed by atoms with Gasteiger partial charge in [-0.2, -0.15) is 0 Å². The van der Waals surface area contributed by atoms with Gasteiger partial charge in [-0.3, -0.25) is 4.79 Å². The Labute approximate surface area is 158 Å². The Bertz CT molecular complexity index is 857. The number of hydrogen-bond acceptors (Lipinski definition) is 5. The number of nitrogens with one attached hydrogen (secondary N) is 1. The number of ether oxygens (including phenoxy) is 1. The maximum absolute atomic E-state index is 12.6. The first-order chi connectivity index (χ1) is 12.4. The average molecular weight is 372 g/mol. The monoisotopic (exact) mass is 372 g/mol. The van der Waals surface area contributed by atoms with Gasteiger partial charge in [0.25, 0.3) is 0 Å². The molecule has 1 amide bonds. The predicted octanol–water partition coefficient (Wildman–Crippen LogP) is 3.85. The largest absolute Gasteiger partial charge is 0.465 e. The molecule has 6 heteroatoms. The molecule has 0 unspecified atom stereocenters. The lowest BCUT2D eigenvalue weighted by molar-refractivity contribution is -0.115. The van der Waals surface area contributed by atoms with E-state index in [0.717, 1.165) is 35.5 Å². The maximum atomic E-state index is 12.6. The molecule has 3 rings (SSSR count). The SMILES string of the molecule is COC(=O)c1c(NC(=O)CN2CCCc3cc(C)ccc32)sc(C)c1C. The molecule has 26 heavy (non-hydrogen) atoms. The number of benzene rings is 1. The standard InChI is InChI=1S/C20H24N2O3S/c1-12-7-8-16-15(10-12)6-5-9-22(16)11-17(23)21-19-18(20(24)25-4)13(2)14(3)26-19/h7-8,10H,5-6,9,11H2,1-4H3,(H,21,23). The van der Waals surface area contributed by atoms with E-state index in [1.807, 2.05) is 13.8 Å². The molecule has 1 aliphatic rings. The second-order valence-corrected chi connectivity index (χ2v) is 7.91. The van der Waals surface area contributed by atoms with Crippen molar-refractivity contribution in [3.63, 3.8) is 0 Å². The molecule has 0 aliphatic carbocycles. The van der Waals surface area contributed by atoms with Crippen molar-refractivity contribution in [1.82, 2.24) is 0 Å². The van der Waals surface area contributed by atoms with Crippen molar-refractivity contribution in [3.8, 4) is 0 Å². The maximum Gasteiger partial charge on any atom is 0.341 e. The van der Waals surface area contributed by atoms with Gasteiger partial charge in [-0.15, -0.1) is 11.3 Å². The normalized spacial score (nSPS) is 13.3.